The van der Waals surface area contributed by atoms with Gasteiger partial charge in [0.2, 0.25) is 11.8 Å². The molecule has 0 unspecified atom stereocenters. The van der Waals surface area contributed by atoms with E-state index in [0.29, 0.717) is 34.5 Å². The van der Waals surface area contributed by atoms with E-state index in [1.165, 1.54) is 18.3 Å². The first-order chi connectivity index (χ1) is 16.3. The van der Waals surface area contributed by atoms with E-state index in [0.717, 1.165) is 6.42 Å². The third-order valence-corrected chi connectivity index (χ3v) is 7.16. The molecule has 1 aromatic heterocycles. The normalized spacial score (nSPS) is 18.2. The van der Waals surface area contributed by atoms with Crippen LogP contribution in [0.1, 0.15) is 33.6 Å². The van der Waals surface area contributed by atoms with Crippen LogP contribution in [0.3, 0.4) is 0 Å². The van der Waals surface area contributed by atoms with Crippen LogP contribution < -0.4 is 19.5 Å². The van der Waals surface area contributed by atoms with Crippen molar-refractivity contribution in [3.63, 3.8) is 0 Å². The van der Waals surface area contributed by atoms with Crippen molar-refractivity contribution in [2.45, 2.75) is 50.7 Å². The predicted molar refractivity (Wildman–Crippen MR) is 131 cm³/mol. The second-order valence-corrected chi connectivity index (χ2v) is 10.3. The summed E-state index contributed by atoms with van der Waals surface area (Å²) < 4.78 is 40.3. The molecule has 2 aromatic carbocycles. The third kappa shape index (κ3) is 5.25. The van der Waals surface area contributed by atoms with Crippen molar-refractivity contribution in [1.82, 2.24) is 10.3 Å². The van der Waals surface area contributed by atoms with E-state index in [-0.39, 0.29) is 35.5 Å². The fourth-order valence-corrected chi connectivity index (χ4v) is 5.17. The van der Waals surface area contributed by atoms with Crippen LogP contribution in [0.15, 0.2) is 59.6 Å². The molecule has 9 heteroatoms. The smallest absolute Gasteiger partial charge is 0.261 e. The molecule has 0 aliphatic carbocycles. The van der Waals surface area contributed by atoms with Gasteiger partial charge in [-0.05, 0) is 50.1 Å². The van der Waals surface area contributed by atoms with Gasteiger partial charge in [0, 0.05) is 17.2 Å². The average molecular weight is 484 g/mol. The zero-order chi connectivity index (χ0) is 24.3. The van der Waals surface area contributed by atoms with Gasteiger partial charge in [0.1, 0.15) is 12.4 Å². The molecule has 34 heavy (non-hydrogen) atoms. The van der Waals surface area contributed by atoms with Crippen molar-refractivity contribution < 1.29 is 22.7 Å². The van der Waals surface area contributed by atoms with Gasteiger partial charge in [-0.3, -0.25) is 9.52 Å². The van der Waals surface area contributed by atoms with Crippen LogP contribution in [0.4, 0.5) is 5.69 Å². The van der Waals surface area contributed by atoms with Crippen LogP contribution in [0.25, 0.3) is 10.8 Å². The number of anilines is 1. The van der Waals surface area contributed by atoms with E-state index >= 15 is 0 Å². The largest absolute Gasteiger partial charge is 0.491 e. The van der Waals surface area contributed by atoms with Crippen molar-refractivity contribution in [2.24, 2.45) is 5.92 Å². The Morgan fingerprint density at radius 2 is 1.91 bits per heavy atom. The van der Waals surface area contributed by atoms with E-state index in [2.05, 4.69) is 21.9 Å². The van der Waals surface area contributed by atoms with Crippen LogP contribution in [-0.2, 0) is 14.8 Å². The minimum Gasteiger partial charge on any atom is -0.491 e. The second-order valence-electron chi connectivity index (χ2n) is 8.63. The number of amides is 1. The highest BCUT2D eigenvalue weighted by Gasteiger charge is 2.31. The van der Waals surface area contributed by atoms with E-state index in [1.54, 1.807) is 36.4 Å². The average Bonchev–Trinajstić information content (AvgIpc) is 3.18. The number of carbonyl (C=O) groups is 1. The van der Waals surface area contributed by atoms with Gasteiger partial charge in [0.25, 0.3) is 10.0 Å². The number of pyridine rings is 1. The number of sulfonamides is 1. The number of rotatable bonds is 9. The fraction of sp³-hybridized carbons (Fsp3) is 0.360. The first-order valence-corrected chi connectivity index (χ1v) is 12.8. The molecule has 0 bridgehead atoms. The molecular weight excluding hydrogens is 454 g/mol. The summed E-state index contributed by atoms with van der Waals surface area (Å²) in [5.74, 6) is 1.20. The summed E-state index contributed by atoms with van der Waals surface area (Å²) in [5.41, 5.74) is 0.336. The molecule has 8 nitrogen and oxygen atoms in total. The van der Waals surface area contributed by atoms with Crippen LogP contribution >= 0.6 is 0 Å². The van der Waals surface area contributed by atoms with E-state index in [1.807, 2.05) is 13.8 Å². The van der Waals surface area contributed by atoms with Crippen molar-refractivity contribution in [3.8, 4) is 11.6 Å². The molecule has 2 atom stereocenters. The molecule has 1 saturated heterocycles. The Bertz CT molecular complexity index is 1280. The minimum absolute atomic E-state index is 0.0246. The Morgan fingerprint density at radius 3 is 2.62 bits per heavy atom. The number of hydrogen-bond acceptors (Lipinski definition) is 6. The summed E-state index contributed by atoms with van der Waals surface area (Å²) in [6.07, 6.45) is 2.78. The topological polar surface area (TPSA) is 107 Å². The molecule has 4 rings (SSSR count). The zero-order valence-electron chi connectivity index (χ0n) is 19.4. The SMILES string of the molecule is CC[C@@H]1CC(=O)N[C@@H]1COc1ncc(NS(=O)(=O)c2ccccc2)c2ccc(OC(C)C)cc12. The van der Waals surface area contributed by atoms with E-state index in [4.69, 9.17) is 9.47 Å². The highest BCUT2D eigenvalue weighted by atomic mass is 32.2. The molecule has 1 amide bonds. The van der Waals surface area contributed by atoms with Crippen LogP contribution in [0.5, 0.6) is 11.6 Å². The lowest BCUT2D eigenvalue weighted by Crippen LogP contribution is -2.34. The standard InChI is InChI=1S/C25H29N3O5S/c1-4-17-12-24(29)27-23(17)15-32-25-21-13-18(33-16(2)3)10-11-20(21)22(14-26-25)28-34(30,31)19-8-6-5-7-9-19/h5-11,13-14,16-17,23,28H,4,12,15H2,1-3H3,(H,27,29)/t17-,23-/m1/s1. The monoisotopic (exact) mass is 483 g/mol. The van der Waals surface area contributed by atoms with Crippen molar-refractivity contribution >= 4 is 32.4 Å². The Balaban J connectivity index is 1.68. The van der Waals surface area contributed by atoms with E-state index in [9.17, 15) is 13.2 Å². The summed E-state index contributed by atoms with van der Waals surface area (Å²) in [7, 11) is -3.80. The summed E-state index contributed by atoms with van der Waals surface area (Å²) >= 11 is 0. The number of benzene rings is 2. The molecule has 2 N–H and O–H groups in total. The van der Waals surface area contributed by atoms with Crippen molar-refractivity contribution in [1.29, 1.82) is 0 Å². The first kappa shape index (κ1) is 23.8. The quantitative estimate of drug-likeness (QED) is 0.474. The summed E-state index contributed by atoms with van der Waals surface area (Å²) in [6, 6.07) is 13.4. The van der Waals surface area contributed by atoms with Crippen LogP contribution in [-0.4, -0.2) is 38.1 Å². The Labute approximate surface area is 199 Å². The number of carbonyl (C=O) groups excluding carboxylic acids is 1. The number of nitrogens with one attached hydrogen (secondary N) is 2. The molecule has 0 saturated carbocycles. The van der Waals surface area contributed by atoms with Crippen molar-refractivity contribution in [2.75, 3.05) is 11.3 Å². The maximum atomic E-state index is 12.9. The van der Waals surface area contributed by atoms with Gasteiger partial charge >= 0.3 is 0 Å². The van der Waals surface area contributed by atoms with Crippen LogP contribution in [0, 0.1) is 5.92 Å². The molecule has 0 spiro atoms. The fourth-order valence-electron chi connectivity index (χ4n) is 4.08. The summed E-state index contributed by atoms with van der Waals surface area (Å²) in [6.45, 7) is 6.18. The van der Waals surface area contributed by atoms with Gasteiger partial charge in [-0.1, -0.05) is 31.5 Å². The molecular formula is C25H29N3O5S. The highest BCUT2D eigenvalue weighted by molar-refractivity contribution is 7.92. The number of aromatic nitrogens is 1. The molecule has 2 heterocycles. The Morgan fingerprint density at radius 1 is 1.15 bits per heavy atom. The van der Waals surface area contributed by atoms with Gasteiger partial charge in [0.05, 0.1) is 28.9 Å². The minimum atomic E-state index is -3.80. The van der Waals surface area contributed by atoms with Gasteiger partial charge in [-0.2, -0.15) is 0 Å². The lowest BCUT2D eigenvalue weighted by Gasteiger charge is -2.19. The highest BCUT2D eigenvalue weighted by Crippen LogP contribution is 2.34. The summed E-state index contributed by atoms with van der Waals surface area (Å²) in [5, 5.41) is 4.21. The lowest BCUT2D eigenvalue weighted by atomic mass is 9.98. The van der Waals surface area contributed by atoms with Gasteiger partial charge in [0.15, 0.2) is 0 Å². The van der Waals surface area contributed by atoms with Gasteiger partial charge in [-0.15, -0.1) is 0 Å². The zero-order valence-corrected chi connectivity index (χ0v) is 20.3. The second kappa shape index (κ2) is 9.89. The molecule has 1 aliphatic rings. The molecule has 0 radical (unpaired) electrons. The van der Waals surface area contributed by atoms with Gasteiger partial charge in [-0.25, -0.2) is 13.4 Å². The number of hydrogen-bond donors (Lipinski definition) is 2. The Kier molecular flexibility index (Phi) is 6.92. The molecule has 1 aliphatic heterocycles. The maximum absolute atomic E-state index is 12.9. The molecule has 180 valence electrons. The molecule has 1 fully saturated rings. The predicted octanol–water partition coefficient (Wildman–Crippen LogP) is 4.12. The first-order valence-electron chi connectivity index (χ1n) is 11.4. The van der Waals surface area contributed by atoms with Crippen LogP contribution in [0.2, 0.25) is 0 Å². The van der Waals surface area contributed by atoms with Crippen molar-refractivity contribution in [3.05, 3.63) is 54.7 Å². The lowest BCUT2D eigenvalue weighted by molar-refractivity contribution is -0.119. The number of nitrogens with zero attached hydrogens (tertiary/aromatic N) is 1. The van der Waals surface area contributed by atoms with Gasteiger partial charge < -0.3 is 14.8 Å². The maximum Gasteiger partial charge on any atom is 0.261 e. The third-order valence-electron chi connectivity index (χ3n) is 5.78. The Hall–Kier alpha value is -3.33. The van der Waals surface area contributed by atoms with E-state index < -0.39 is 10.0 Å². The number of ether oxygens (including phenoxy) is 2. The number of fused-ring (bicyclic) bond motifs is 1. The molecule has 3 aromatic rings. The summed E-state index contributed by atoms with van der Waals surface area (Å²) in [4.78, 5) is 16.4.